The number of benzene rings is 2. The lowest BCUT2D eigenvalue weighted by atomic mass is 9.73. The molecule has 1 aliphatic carbocycles. The highest BCUT2D eigenvalue weighted by Gasteiger charge is 2.31. The number of ether oxygens (including phenoxy) is 1. The van der Waals surface area contributed by atoms with Crippen LogP contribution in [0.1, 0.15) is 73.1 Å². The molecule has 0 amide bonds. The van der Waals surface area contributed by atoms with Crippen LogP contribution in [0.3, 0.4) is 0 Å². The molecule has 3 heteroatoms. The highest BCUT2D eigenvalue weighted by atomic mass is 35.5. The highest BCUT2D eigenvalue weighted by molar-refractivity contribution is 6.30. The summed E-state index contributed by atoms with van der Waals surface area (Å²) in [4.78, 5) is 0. The van der Waals surface area contributed by atoms with Crippen LogP contribution in [0.15, 0.2) is 36.4 Å². The van der Waals surface area contributed by atoms with Crippen LogP contribution in [0.5, 0.6) is 5.75 Å². The van der Waals surface area contributed by atoms with Gasteiger partial charge in [-0.2, -0.15) is 0 Å². The van der Waals surface area contributed by atoms with Crippen LogP contribution >= 0.6 is 11.6 Å². The van der Waals surface area contributed by atoms with E-state index in [-0.39, 0.29) is 6.61 Å². The molecule has 0 saturated heterocycles. The number of fused-ring (bicyclic) bond motifs is 2. The molecule has 0 radical (unpaired) electrons. The Balaban J connectivity index is 1.81. The minimum absolute atomic E-state index is 0.180. The fourth-order valence-corrected chi connectivity index (χ4v) is 5.11. The maximum absolute atomic E-state index is 9.40. The Morgan fingerprint density at radius 1 is 0.926 bits per heavy atom. The largest absolute Gasteiger partial charge is 0.489 e. The molecule has 1 atom stereocenters. The maximum atomic E-state index is 9.40. The van der Waals surface area contributed by atoms with Crippen molar-refractivity contribution < 1.29 is 9.84 Å². The fraction of sp³-hybridized carbons (Fsp3) is 0.500. The van der Waals surface area contributed by atoms with E-state index in [9.17, 15) is 5.11 Å². The summed E-state index contributed by atoms with van der Waals surface area (Å²) in [5.41, 5.74) is 5.08. The van der Waals surface area contributed by atoms with Gasteiger partial charge in [0.25, 0.3) is 0 Å². The first-order valence-corrected chi connectivity index (χ1v) is 10.8. The first kappa shape index (κ1) is 18.8. The summed E-state index contributed by atoms with van der Waals surface area (Å²) in [5, 5.41) is 10.2. The lowest BCUT2D eigenvalue weighted by Crippen LogP contribution is -2.17. The summed E-state index contributed by atoms with van der Waals surface area (Å²) in [6, 6.07) is 12.8. The van der Waals surface area contributed by atoms with Crippen LogP contribution in [0.4, 0.5) is 0 Å². The van der Waals surface area contributed by atoms with Gasteiger partial charge in [0.15, 0.2) is 0 Å². The van der Waals surface area contributed by atoms with Crippen molar-refractivity contribution in [3.63, 3.8) is 0 Å². The van der Waals surface area contributed by atoms with Gasteiger partial charge in [0, 0.05) is 23.1 Å². The molecular weight excluding hydrogens is 356 g/mol. The van der Waals surface area contributed by atoms with Crippen molar-refractivity contribution in [1.29, 1.82) is 0 Å². The average Bonchev–Trinajstić information content (AvgIpc) is 2.79. The van der Waals surface area contributed by atoms with Crippen LogP contribution in [0, 0.1) is 5.92 Å². The van der Waals surface area contributed by atoms with E-state index in [1.807, 2.05) is 6.07 Å². The fourth-order valence-electron chi connectivity index (χ4n) is 4.91. The third-order valence-corrected chi connectivity index (χ3v) is 6.49. The van der Waals surface area contributed by atoms with Crippen molar-refractivity contribution in [3.05, 3.63) is 63.7 Å². The molecule has 1 heterocycles. The standard InChI is InChI=1S/C24H29ClO2/c25-20-9-10-21-19(15-20)16-27-23-11-8-17(12-13-26)14-22(23)24(21)18-6-4-2-1-3-5-7-18/h8-11,14-15,18,24,26H,1-7,12-13,16H2. The molecule has 2 aromatic carbocycles. The number of halogens is 1. The topological polar surface area (TPSA) is 29.5 Å². The van der Waals surface area contributed by atoms with Crippen LogP contribution in [0.25, 0.3) is 0 Å². The van der Waals surface area contributed by atoms with Crippen LogP contribution in [-0.2, 0) is 13.0 Å². The molecule has 4 rings (SSSR count). The number of aliphatic hydroxyl groups is 1. The summed E-state index contributed by atoms with van der Waals surface area (Å²) in [6.45, 7) is 0.755. The lowest BCUT2D eigenvalue weighted by molar-refractivity contribution is 0.297. The number of hydrogen-bond donors (Lipinski definition) is 1. The van der Waals surface area contributed by atoms with Gasteiger partial charge in [0.1, 0.15) is 12.4 Å². The number of rotatable bonds is 3. The normalized spacial score (nSPS) is 20.6. The van der Waals surface area contributed by atoms with Gasteiger partial charge >= 0.3 is 0 Å². The number of aliphatic hydroxyl groups excluding tert-OH is 1. The molecule has 1 saturated carbocycles. The smallest absolute Gasteiger partial charge is 0.123 e. The molecule has 27 heavy (non-hydrogen) atoms. The van der Waals surface area contributed by atoms with E-state index in [2.05, 4.69) is 30.3 Å². The van der Waals surface area contributed by atoms with Gasteiger partial charge in [-0.25, -0.2) is 0 Å². The van der Waals surface area contributed by atoms with Crippen molar-refractivity contribution >= 4 is 11.6 Å². The predicted octanol–water partition coefficient (Wildman–Crippen LogP) is 6.26. The van der Waals surface area contributed by atoms with E-state index in [1.165, 1.54) is 67.2 Å². The monoisotopic (exact) mass is 384 g/mol. The van der Waals surface area contributed by atoms with E-state index in [0.717, 1.165) is 10.8 Å². The Bertz CT molecular complexity index is 778. The zero-order chi connectivity index (χ0) is 18.6. The second-order valence-electron chi connectivity index (χ2n) is 8.06. The second kappa shape index (κ2) is 8.67. The van der Waals surface area contributed by atoms with E-state index < -0.39 is 0 Å². The van der Waals surface area contributed by atoms with Crippen molar-refractivity contribution in [2.75, 3.05) is 6.61 Å². The van der Waals surface area contributed by atoms with Gasteiger partial charge in [0.05, 0.1) is 0 Å². The molecule has 1 aliphatic heterocycles. The molecule has 2 aromatic rings. The Morgan fingerprint density at radius 3 is 2.48 bits per heavy atom. The molecule has 2 aliphatic rings. The SMILES string of the molecule is OCCc1ccc2c(c1)C(C1CCCCCCC1)c1ccc(Cl)cc1CO2. The molecule has 144 valence electrons. The number of hydrogen-bond acceptors (Lipinski definition) is 2. The summed E-state index contributed by atoms with van der Waals surface area (Å²) in [6.07, 6.45) is 9.96. The quantitative estimate of drug-likeness (QED) is 0.676. The van der Waals surface area contributed by atoms with Crippen LogP contribution in [-0.4, -0.2) is 11.7 Å². The first-order chi connectivity index (χ1) is 13.3. The Morgan fingerprint density at radius 2 is 1.70 bits per heavy atom. The minimum atomic E-state index is 0.180. The predicted molar refractivity (Wildman–Crippen MR) is 111 cm³/mol. The van der Waals surface area contributed by atoms with Gasteiger partial charge in [-0.1, -0.05) is 61.9 Å². The van der Waals surface area contributed by atoms with Crippen LogP contribution in [0.2, 0.25) is 5.02 Å². The van der Waals surface area contributed by atoms with Crippen molar-refractivity contribution in [2.45, 2.75) is 63.9 Å². The van der Waals surface area contributed by atoms with Crippen molar-refractivity contribution in [2.24, 2.45) is 5.92 Å². The summed E-state index contributed by atoms with van der Waals surface area (Å²) in [5.74, 6) is 1.98. The Hall–Kier alpha value is -1.51. The summed E-state index contributed by atoms with van der Waals surface area (Å²) in [7, 11) is 0. The van der Waals surface area contributed by atoms with Gasteiger partial charge < -0.3 is 9.84 Å². The molecule has 1 unspecified atom stereocenters. The second-order valence-corrected chi connectivity index (χ2v) is 8.50. The lowest BCUT2D eigenvalue weighted by Gasteiger charge is -2.30. The van der Waals surface area contributed by atoms with Crippen LogP contribution < -0.4 is 4.74 Å². The minimum Gasteiger partial charge on any atom is -0.489 e. The average molecular weight is 385 g/mol. The Kier molecular flexibility index (Phi) is 6.04. The summed E-state index contributed by atoms with van der Waals surface area (Å²) < 4.78 is 6.22. The molecule has 1 fully saturated rings. The third-order valence-electron chi connectivity index (χ3n) is 6.25. The van der Waals surface area contributed by atoms with E-state index >= 15 is 0 Å². The molecule has 2 nitrogen and oxygen atoms in total. The van der Waals surface area contributed by atoms with Gasteiger partial charge in [0.2, 0.25) is 0 Å². The van der Waals surface area contributed by atoms with Gasteiger partial charge in [-0.3, -0.25) is 0 Å². The zero-order valence-corrected chi connectivity index (χ0v) is 16.7. The zero-order valence-electron chi connectivity index (χ0n) is 15.9. The molecule has 0 aromatic heterocycles. The molecule has 1 N–H and O–H groups in total. The third kappa shape index (κ3) is 4.17. The van der Waals surface area contributed by atoms with Crippen molar-refractivity contribution in [3.8, 4) is 5.75 Å². The van der Waals surface area contributed by atoms with Gasteiger partial charge in [-0.15, -0.1) is 0 Å². The first-order valence-electron chi connectivity index (χ1n) is 10.4. The van der Waals surface area contributed by atoms with Crippen molar-refractivity contribution in [1.82, 2.24) is 0 Å². The summed E-state index contributed by atoms with van der Waals surface area (Å²) >= 11 is 6.31. The maximum Gasteiger partial charge on any atom is 0.123 e. The molecule has 0 spiro atoms. The molecule has 0 bridgehead atoms. The molecular formula is C24H29ClO2. The van der Waals surface area contributed by atoms with E-state index in [0.29, 0.717) is 24.9 Å². The van der Waals surface area contributed by atoms with Gasteiger partial charge in [-0.05, 0) is 60.1 Å². The van der Waals surface area contributed by atoms with E-state index in [1.54, 1.807) is 0 Å². The highest BCUT2D eigenvalue weighted by Crippen LogP contribution is 2.46. The van der Waals surface area contributed by atoms with E-state index in [4.69, 9.17) is 16.3 Å². The Labute approximate surface area is 167 Å².